The molecule has 0 atom stereocenters. The number of halogens is 2. The van der Waals surface area contributed by atoms with Crippen LogP contribution in [0.4, 0.5) is 26.1 Å². The minimum atomic E-state index is -1.01. The summed E-state index contributed by atoms with van der Waals surface area (Å²) in [5, 5.41) is 8.31. The zero-order chi connectivity index (χ0) is 25.8. The van der Waals surface area contributed by atoms with Gasteiger partial charge in [0.2, 0.25) is 5.95 Å². The SMILES string of the molecule is O=C1Nc2cc(/C=C/CNC(=O)c3ccnc(Nc4ccc(F)c(F)c4)n3)ccc2/C1=C\c1cnc[nH]1. The van der Waals surface area contributed by atoms with Gasteiger partial charge in [0, 0.05) is 35.7 Å². The molecule has 2 aromatic heterocycles. The lowest BCUT2D eigenvalue weighted by molar-refractivity contribution is -0.110. The number of hydrogen-bond donors (Lipinski definition) is 4. The van der Waals surface area contributed by atoms with E-state index in [-0.39, 0.29) is 29.8 Å². The fourth-order valence-corrected chi connectivity index (χ4v) is 3.65. The summed E-state index contributed by atoms with van der Waals surface area (Å²) in [6, 6.07) is 10.3. The summed E-state index contributed by atoms with van der Waals surface area (Å²) in [6.07, 6.45) is 9.89. The fourth-order valence-electron chi connectivity index (χ4n) is 3.65. The highest BCUT2D eigenvalue weighted by molar-refractivity contribution is 6.34. The summed E-state index contributed by atoms with van der Waals surface area (Å²) >= 11 is 0. The summed E-state index contributed by atoms with van der Waals surface area (Å²) < 4.78 is 26.5. The predicted octanol–water partition coefficient (Wildman–Crippen LogP) is 4.16. The van der Waals surface area contributed by atoms with Gasteiger partial charge in [0.25, 0.3) is 11.8 Å². The average Bonchev–Trinajstić information content (AvgIpc) is 3.52. The first-order chi connectivity index (χ1) is 18.0. The number of anilines is 3. The van der Waals surface area contributed by atoms with Crippen LogP contribution < -0.4 is 16.0 Å². The summed E-state index contributed by atoms with van der Waals surface area (Å²) in [6.45, 7) is 0.225. The topological polar surface area (TPSA) is 125 Å². The van der Waals surface area contributed by atoms with Crippen molar-refractivity contribution in [2.24, 2.45) is 0 Å². The zero-order valence-corrected chi connectivity index (χ0v) is 19.1. The molecule has 1 aliphatic heterocycles. The van der Waals surface area contributed by atoms with Crippen molar-refractivity contribution in [3.63, 3.8) is 0 Å². The first-order valence-corrected chi connectivity index (χ1v) is 11.1. The number of aromatic amines is 1. The van der Waals surface area contributed by atoms with E-state index in [1.54, 1.807) is 24.7 Å². The smallest absolute Gasteiger partial charge is 0.270 e. The molecule has 3 heterocycles. The Morgan fingerprint density at radius 2 is 1.97 bits per heavy atom. The number of imidazole rings is 1. The van der Waals surface area contributed by atoms with Gasteiger partial charge in [0.15, 0.2) is 11.6 Å². The third-order valence-electron chi connectivity index (χ3n) is 5.40. The lowest BCUT2D eigenvalue weighted by atomic mass is 10.0. The Hall–Kier alpha value is -5.19. The minimum absolute atomic E-state index is 0.0651. The maximum atomic E-state index is 13.4. The highest BCUT2D eigenvalue weighted by Gasteiger charge is 2.24. The van der Waals surface area contributed by atoms with Gasteiger partial charge < -0.3 is 20.9 Å². The van der Waals surface area contributed by atoms with E-state index in [1.165, 1.54) is 18.3 Å². The van der Waals surface area contributed by atoms with E-state index in [1.807, 2.05) is 24.3 Å². The molecule has 0 aliphatic carbocycles. The molecule has 0 radical (unpaired) electrons. The molecular weight excluding hydrogens is 480 g/mol. The van der Waals surface area contributed by atoms with Crippen LogP contribution in [0.5, 0.6) is 0 Å². The number of fused-ring (bicyclic) bond motifs is 1. The Balaban J connectivity index is 1.19. The predicted molar refractivity (Wildman–Crippen MR) is 135 cm³/mol. The van der Waals surface area contributed by atoms with Gasteiger partial charge in [0.05, 0.1) is 23.8 Å². The van der Waals surface area contributed by atoms with Gasteiger partial charge in [-0.2, -0.15) is 0 Å². The van der Waals surface area contributed by atoms with Crippen LogP contribution >= 0.6 is 0 Å². The Morgan fingerprint density at radius 3 is 2.78 bits per heavy atom. The molecule has 2 amide bonds. The number of hydrogen-bond acceptors (Lipinski definition) is 6. The zero-order valence-electron chi connectivity index (χ0n) is 19.1. The van der Waals surface area contributed by atoms with Crippen molar-refractivity contribution in [3.05, 3.63) is 101 Å². The van der Waals surface area contributed by atoms with Gasteiger partial charge in [-0.05, 0) is 35.9 Å². The maximum Gasteiger partial charge on any atom is 0.270 e. The normalized spacial score (nSPS) is 13.6. The minimum Gasteiger partial charge on any atom is -0.347 e. The monoisotopic (exact) mass is 499 g/mol. The summed E-state index contributed by atoms with van der Waals surface area (Å²) in [5.41, 5.74) is 3.96. The number of aromatic nitrogens is 4. The molecule has 0 unspecified atom stereocenters. The quantitative estimate of drug-likeness (QED) is 0.283. The average molecular weight is 499 g/mol. The molecule has 4 N–H and O–H groups in total. The van der Waals surface area contributed by atoms with Crippen LogP contribution in [0.3, 0.4) is 0 Å². The van der Waals surface area contributed by atoms with Gasteiger partial charge in [-0.15, -0.1) is 0 Å². The van der Waals surface area contributed by atoms with Gasteiger partial charge in [-0.3, -0.25) is 9.59 Å². The first kappa shape index (κ1) is 23.5. The number of amides is 2. The second-order valence-corrected chi connectivity index (χ2v) is 7.96. The number of H-pyrrole nitrogens is 1. The molecule has 0 fully saturated rings. The van der Waals surface area contributed by atoms with E-state index in [4.69, 9.17) is 0 Å². The highest BCUT2D eigenvalue weighted by Crippen LogP contribution is 2.33. The van der Waals surface area contributed by atoms with Gasteiger partial charge >= 0.3 is 0 Å². The molecule has 0 bridgehead atoms. The Labute approximate surface area is 209 Å². The van der Waals surface area contributed by atoms with Crippen LogP contribution in [0.2, 0.25) is 0 Å². The number of nitrogens with one attached hydrogen (secondary N) is 4. The lowest BCUT2D eigenvalue weighted by Crippen LogP contribution is -2.24. The van der Waals surface area contributed by atoms with Crippen molar-refractivity contribution < 1.29 is 18.4 Å². The Kier molecular flexibility index (Phi) is 6.49. The van der Waals surface area contributed by atoms with E-state index >= 15 is 0 Å². The molecule has 11 heteroatoms. The molecule has 184 valence electrons. The third-order valence-corrected chi connectivity index (χ3v) is 5.40. The lowest BCUT2D eigenvalue weighted by Gasteiger charge is -2.07. The van der Waals surface area contributed by atoms with Crippen molar-refractivity contribution in [1.29, 1.82) is 0 Å². The summed E-state index contributed by atoms with van der Waals surface area (Å²) in [7, 11) is 0. The van der Waals surface area contributed by atoms with Crippen LogP contribution in [0.15, 0.2) is 67.3 Å². The number of rotatable bonds is 7. The Morgan fingerprint density at radius 1 is 1.08 bits per heavy atom. The van der Waals surface area contributed by atoms with E-state index in [0.717, 1.165) is 29.0 Å². The van der Waals surface area contributed by atoms with Crippen molar-refractivity contribution >= 4 is 46.9 Å². The van der Waals surface area contributed by atoms with E-state index < -0.39 is 17.5 Å². The van der Waals surface area contributed by atoms with Crippen molar-refractivity contribution in [1.82, 2.24) is 25.3 Å². The van der Waals surface area contributed by atoms with Crippen LogP contribution in [0.25, 0.3) is 17.7 Å². The molecular formula is C26H19F2N7O2. The van der Waals surface area contributed by atoms with Crippen LogP contribution in [0, 0.1) is 11.6 Å². The van der Waals surface area contributed by atoms with Crippen LogP contribution in [0.1, 0.15) is 27.3 Å². The van der Waals surface area contributed by atoms with Gasteiger partial charge in [0.1, 0.15) is 5.69 Å². The van der Waals surface area contributed by atoms with Gasteiger partial charge in [-0.1, -0.05) is 24.3 Å². The molecule has 0 saturated carbocycles. The number of carbonyl (C=O) groups excluding carboxylic acids is 2. The number of benzene rings is 2. The van der Waals surface area contributed by atoms with E-state index in [0.29, 0.717) is 11.3 Å². The molecule has 0 saturated heterocycles. The standard InChI is InChI=1S/C26H19F2N7O2/c27-20-6-4-16(12-21(20)28)33-26-31-9-7-22(35-26)25(37)30-8-1-2-15-3-5-18-19(11-17-13-29-14-32-17)24(36)34-23(18)10-15/h1-7,9-14H,8H2,(H,29,32)(H,30,37)(H,34,36)(H,31,33,35)/b2-1+,19-11+. The molecule has 4 aromatic rings. The summed E-state index contributed by atoms with van der Waals surface area (Å²) in [5.74, 6) is -2.54. The molecule has 9 nitrogen and oxygen atoms in total. The Bertz CT molecular complexity index is 1550. The molecule has 0 spiro atoms. The number of carbonyl (C=O) groups is 2. The first-order valence-electron chi connectivity index (χ1n) is 11.1. The number of nitrogens with zero attached hydrogens (tertiary/aromatic N) is 3. The molecule has 37 heavy (non-hydrogen) atoms. The van der Waals surface area contributed by atoms with Crippen LogP contribution in [-0.4, -0.2) is 38.3 Å². The van der Waals surface area contributed by atoms with Crippen molar-refractivity contribution in [3.8, 4) is 0 Å². The van der Waals surface area contributed by atoms with Crippen LogP contribution in [-0.2, 0) is 4.79 Å². The van der Waals surface area contributed by atoms with Crippen molar-refractivity contribution in [2.45, 2.75) is 0 Å². The maximum absolute atomic E-state index is 13.4. The summed E-state index contributed by atoms with van der Waals surface area (Å²) in [4.78, 5) is 39.9. The second kappa shape index (κ2) is 10.2. The van der Waals surface area contributed by atoms with E-state index in [2.05, 4.69) is 35.9 Å². The highest BCUT2D eigenvalue weighted by atomic mass is 19.2. The van der Waals surface area contributed by atoms with Crippen molar-refractivity contribution in [2.75, 3.05) is 17.2 Å². The molecule has 5 rings (SSSR count). The molecule has 2 aromatic carbocycles. The largest absolute Gasteiger partial charge is 0.347 e. The fraction of sp³-hybridized carbons (Fsp3) is 0.0385. The van der Waals surface area contributed by atoms with E-state index in [9.17, 15) is 18.4 Å². The molecule has 1 aliphatic rings. The van der Waals surface area contributed by atoms with Gasteiger partial charge in [-0.25, -0.2) is 23.7 Å². The second-order valence-electron chi connectivity index (χ2n) is 7.96. The third kappa shape index (κ3) is 5.40.